The molecule has 76 valence electrons. The fraction of sp³-hybridized carbons (Fsp3) is 0.417. The van der Waals surface area contributed by atoms with E-state index >= 15 is 0 Å². The van der Waals surface area contributed by atoms with Crippen LogP contribution in [0.4, 0.5) is 0 Å². The molecule has 0 bridgehead atoms. The van der Waals surface area contributed by atoms with Crippen LogP contribution in [0.2, 0.25) is 0 Å². The Balaban J connectivity index is 3.02. The van der Waals surface area contributed by atoms with Crippen LogP contribution >= 0.6 is 0 Å². The van der Waals surface area contributed by atoms with Gasteiger partial charge in [-0.05, 0) is 43.9 Å². The van der Waals surface area contributed by atoms with E-state index in [-0.39, 0.29) is 6.04 Å². The van der Waals surface area contributed by atoms with Crippen LogP contribution in [0.5, 0.6) is 0 Å². The lowest BCUT2D eigenvalue weighted by Crippen LogP contribution is -2.25. The highest BCUT2D eigenvalue weighted by Crippen LogP contribution is 2.17. The lowest BCUT2D eigenvalue weighted by atomic mass is 9.95. The fourth-order valence-electron chi connectivity index (χ4n) is 1.82. The van der Waals surface area contributed by atoms with Crippen LogP contribution in [0.15, 0.2) is 12.1 Å². The first kappa shape index (κ1) is 10.9. The number of hydrogen-bond acceptors (Lipinski definition) is 2. The normalized spacial score (nSPS) is 12.6. The molecule has 2 nitrogen and oxygen atoms in total. The van der Waals surface area contributed by atoms with Gasteiger partial charge in [0.2, 0.25) is 0 Å². The summed E-state index contributed by atoms with van der Waals surface area (Å²) in [6.45, 7) is 6.20. The van der Waals surface area contributed by atoms with Crippen molar-refractivity contribution >= 4 is 6.29 Å². The topological polar surface area (TPSA) is 43.1 Å². The number of carbonyl (C=O) groups excluding carboxylic acids is 1. The molecule has 0 spiro atoms. The highest BCUT2D eigenvalue weighted by atomic mass is 16.1. The third-order valence-electron chi connectivity index (χ3n) is 2.45. The summed E-state index contributed by atoms with van der Waals surface area (Å²) in [7, 11) is 0. The largest absolute Gasteiger partial charge is 0.321 e. The predicted octanol–water partition coefficient (Wildman–Crippen LogP) is 1.68. The van der Waals surface area contributed by atoms with Gasteiger partial charge in [-0.2, -0.15) is 0 Å². The molecule has 0 aliphatic rings. The minimum Gasteiger partial charge on any atom is -0.321 e. The number of aryl methyl sites for hydroxylation is 3. The molecule has 0 aromatic heterocycles. The van der Waals surface area contributed by atoms with Crippen LogP contribution in [-0.2, 0) is 11.2 Å². The van der Waals surface area contributed by atoms with E-state index in [9.17, 15) is 4.79 Å². The first-order chi connectivity index (χ1) is 6.54. The number of rotatable bonds is 3. The molecule has 1 aromatic carbocycles. The maximum Gasteiger partial charge on any atom is 0.137 e. The van der Waals surface area contributed by atoms with Crippen molar-refractivity contribution in [3.05, 3.63) is 34.4 Å². The Hall–Kier alpha value is -1.15. The molecule has 0 saturated carbocycles. The first-order valence-electron chi connectivity index (χ1n) is 4.82. The summed E-state index contributed by atoms with van der Waals surface area (Å²) >= 11 is 0. The number of benzene rings is 1. The number of aldehydes is 1. The second kappa shape index (κ2) is 4.38. The van der Waals surface area contributed by atoms with Crippen molar-refractivity contribution in [1.29, 1.82) is 0 Å². The maximum absolute atomic E-state index is 10.5. The molecular formula is C12H17NO. The number of carbonyl (C=O) groups is 1. The zero-order valence-electron chi connectivity index (χ0n) is 9.00. The summed E-state index contributed by atoms with van der Waals surface area (Å²) in [5.74, 6) is 0. The van der Waals surface area contributed by atoms with E-state index in [2.05, 4.69) is 32.9 Å². The molecule has 14 heavy (non-hydrogen) atoms. The molecule has 2 heteroatoms. The monoisotopic (exact) mass is 191 g/mol. The number of hydrogen-bond donors (Lipinski definition) is 1. The van der Waals surface area contributed by atoms with Gasteiger partial charge in [0, 0.05) is 0 Å². The molecule has 0 amide bonds. The molecule has 0 aliphatic heterocycles. The molecule has 0 unspecified atom stereocenters. The van der Waals surface area contributed by atoms with Crippen LogP contribution in [0.1, 0.15) is 22.3 Å². The molecule has 0 fully saturated rings. The Bertz CT molecular complexity index is 321. The summed E-state index contributed by atoms with van der Waals surface area (Å²) in [6.07, 6.45) is 1.44. The standard InChI is InChI=1S/C12H17NO/c1-8-4-9(2)12(10(3)5-8)6-11(13)7-14/h4-5,7,11H,6,13H2,1-3H3/t11-/m1/s1. The van der Waals surface area contributed by atoms with Gasteiger partial charge in [0.15, 0.2) is 0 Å². The van der Waals surface area contributed by atoms with E-state index in [1.165, 1.54) is 22.3 Å². The summed E-state index contributed by atoms with van der Waals surface area (Å²) < 4.78 is 0. The third-order valence-corrected chi connectivity index (χ3v) is 2.45. The molecule has 2 N–H and O–H groups in total. The molecule has 0 aliphatic carbocycles. The minimum absolute atomic E-state index is 0.380. The Labute approximate surface area is 85.1 Å². The van der Waals surface area contributed by atoms with Gasteiger partial charge in [0.05, 0.1) is 6.04 Å². The minimum atomic E-state index is -0.380. The van der Waals surface area contributed by atoms with Crippen LogP contribution < -0.4 is 5.73 Å². The van der Waals surface area contributed by atoms with E-state index in [0.717, 1.165) is 6.29 Å². The smallest absolute Gasteiger partial charge is 0.137 e. The Morgan fingerprint density at radius 3 is 2.21 bits per heavy atom. The Kier molecular flexibility index (Phi) is 3.42. The van der Waals surface area contributed by atoms with Gasteiger partial charge in [-0.15, -0.1) is 0 Å². The van der Waals surface area contributed by atoms with Crippen molar-refractivity contribution in [3.63, 3.8) is 0 Å². The van der Waals surface area contributed by atoms with E-state index in [1.54, 1.807) is 0 Å². The summed E-state index contributed by atoms with van der Waals surface area (Å²) in [5, 5.41) is 0. The van der Waals surface area contributed by atoms with Gasteiger partial charge >= 0.3 is 0 Å². The molecule has 0 heterocycles. The van der Waals surface area contributed by atoms with Gasteiger partial charge in [0.25, 0.3) is 0 Å². The van der Waals surface area contributed by atoms with Crippen molar-refractivity contribution in [2.75, 3.05) is 0 Å². The number of nitrogens with two attached hydrogens (primary N) is 1. The fourth-order valence-corrected chi connectivity index (χ4v) is 1.82. The van der Waals surface area contributed by atoms with Crippen molar-refractivity contribution < 1.29 is 4.79 Å². The molecule has 0 radical (unpaired) electrons. The Morgan fingerprint density at radius 1 is 1.29 bits per heavy atom. The van der Waals surface area contributed by atoms with Crippen molar-refractivity contribution in [1.82, 2.24) is 0 Å². The molecule has 0 saturated heterocycles. The lowest BCUT2D eigenvalue weighted by molar-refractivity contribution is -0.108. The molecule has 1 aromatic rings. The van der Waals surface area contributed by atoms with Crippen molar-refractivity contribution in [2.24, 2.45) is 5.73 Å². The van der Waals surface area contributed by atoms with Crippen molar-refractivity contribution in [2.45, 2.75) is 33.2 Å². The Morgan fingerprint density at radius 2 is 1.79 bits per heavy atom. The molecule has 1 rings (SSSR count). The van der Waals surface area contributed by atoms with Crippen molar-refractivity contribution in [3.8, 4) is 0 Å². The maximum atomic E-state index is 10.5. The second-order valence-corrected chi connectivity index (χ2v) is 3.88. The quantitative estimate of drug-likeness (QED) is 0.739. The van der Waals surface area contributed by atoms with Crippen LogP contribution in [0.25, 0.3) is 0 Å². The third kappa shape index (κ3) is 2.42. The lowest BCUT2D eigenvalue weighted by Gasteiger charge is -2.12. The average Bonchev–Trinajstić information content (AvgIpc) is 2.10. The van der Waals surface area contributed by atoms with E-state index in [0.29, 0.717) is 6.42 Å². The van der Waals surface area contributed by atoms with Gasteiger partial charge in [-0.25, -0.2) is 0 Å². The molecular weight excluding hydrogens is 174 g/mol. The summed E-state index contributed by atoms with van der Waals surface area (Å²) in [5.41, 5.74) is 10.5. The average molecular weight is 191 g/mol. The van der Waals surface area contributed by atoms with Crippen LogP contribution in [-0.4, -0.2) is 12.3 Å². The summed E-state index contributed by atoms with van der Waals surface area (Å²) in [4.78, 5) is 10.5. The highest BCUT2D eigenvalue weighted by Gasteiger charge is 2.08. The van der Waals surface area contributed by atoms with E-state index < -0.39 is 0 Å². The van der Waals surface area contributed by atoms with Gasteiger partial charge in [0.1, 0.15) is 6.29 Å². The predicted molar refractivity (Wildman–Crippen MR) is 58.4 cm³/mol. The van der Waals surface area contributed by atoms with Crippen LogP contribution in [0.3, 0.4) is 0 Å². The van der Waals surface area contributed by atoms with E-state index in [4.69, 9.17) is 5.73 Å². The summed E-state index contributed by atoms with van der Waals surface area (Å²) in [6, 6.07) is 3.87. The van der Waals surface area contributed by atoms with Crippen LogP contribution in [0, 0.1) is 20.8 Å². The second-order valence-electron chi connectivity index (χ2n) is 3.88. The molecule has 1 atom stereocenters. The zero-order valence-corrected chi connectivity index (χ0v) is 9.00. The van der Waals surface area contributed by atoms with Gasteiger partial charge in [-0.3, -0.25) is 0 Å². The highest BCUT2D eigenvalue weighted by molar-refractivity contribution is 5.58. The van der Waals surface area contributed by atoms with E-state index in [1.807, 2.05) is 0 Å². The van der Waals surface area contributed by atoms with Gasteiger partial charge < -0.3 is 10.5 Å². The zero-order chi connectivity index (χ0) is 10.7. The SMILES string of the molecule is Cc1cc(C)c(C[C@@H](N)C=O)c(C)c1. The van der Waals surface area contributed by atoms with Gasteiger partial charge in [-0.1, -0.05) is 17.7 Å². The first-order valence-corrected chi connectivity index (χ1v) is 4.82.